The van der Waals surface area contributed by atoms with Crippen LogP contribution in [0.4, 0.5) is 0 Å². The van der Waals surface area contributed by atoms with Crippen LogP contribution in [0.2, 0.25) is 0 Å². The van der Waals surface area contributed by atoms with Crippen molar-refractivity contribution in [2.45, 2.75) is 25.8 Å². The Bertz CT molecular complexity index is 729. The zero-order chi connectivity index (χ0) is 18.9. The molecule has 0 saturated carbocycles. The first-order valence-electron chi connectivity index (χ1n) is 9.34. The van der Waals surface area contributed by atoms with Crippen LogP contribution >= 0.6 is 0 Å². The van der Waals surface area contributed by atoms with E-state index in [2.05, 4.69) is 10.3 Å². The van der Waals surface area contributed by atoms with Crippen LogP contribution in [0.25, 0.3) is 0 Å². The molecular formula is C21H25N3O3. The molecule has 27 heavy (non-hydrogen) atoms. The van der Waals surface area contributed by atoms with Crippen molar-refractivity contribution in [2.75, 3.05) is 19.7 Å². The number of aromatic nitrogens is 1. The highest BCUT2D eigenvalue weighted by molar-refractivity contribution is 5.80. The van der Waals surface area contributed by atoms with E-state index >= 15 is 0 Å². The minimum atomic E-state index is -0.0311. The zero-order valence-electron chi connectivity index (χ0n) is 15.3. The fraction of sp³-hybridized carbons (Fsp3) is 0.381. The number of ether oxygens (including phenoxy) is 1. The summed E-state index contributed by atoms with van der Waals surface area (Å²) in [7, 11) is 0. The molecule has 1 aromatic heterocycles. The maximum Gasteiger partial charge on any atom is 0.225 e. The molecule has 1 aliphatic rings. The maximum atomic E-state index is 12.3. The van der Waals surface area contributed by atoms with Crippen LogP contribution in [0.5, 0.6) is 5.75 Å². The van der Waals surface area contributed by atoms with Crippen molar-refractivity contribution in [1.82, 2.24) is 15.2 Å². The number of pyridine rings is 1. The Hall–Kier alpha value is -2.89. The molecule has 1 aromatic carbocycles. The number of hydrogen-bond acceptors (Lipinski definition) is 4. The number of nitrogens with zero attached hydrogens (tertiary/aromatic N) is 2. The molecule has 1 fully saturated rings. The average molecular weight is 367 g/mol. The van der Waals surface area contributed by atoms with E-state index in [1.54, 1.807) is 12.4 Å². The van der Waals surface area contributed by atoms with Crippen molar-refractivity contribution >= 4 is 11.8 Å². The quantitative estimate of drug-likeness (QED) is 0.816. The molecule has 0 unspecified atom stereocenters. The minimum absolute atomic E-state index is 0.0311. The summed E-state index contributed by atoms with van der Waals surface area (Å²) in [5.74, 6) is 0.888. The number of carbonyl (C=O) groups excluding carboxylic acids is 2. The van der Waals surface area contributed by atoms with Gasteiger partial charge in [-0.15, -0.1) is 0 Å². The fourth-order valence-corrected chi connectivity index (χ4v) is 3.16. The predicted octanol–water partition coefficient (Wildman–Crippen LogP) is 2.41. The molecule has 2 aromatic rings. The molecule has 6 nitrogen and oxygen atoms in total. The second kappa shape index (κ2) is 9.71. The Balaban J connectivity index is 1.35. The second-order valence-corrected chi connectivity index (χ2v) is 6.64. The third-order valence-electron chi connectivity index (χ3n) is 4.76. The summed E-state index contributed by atoms with van der Waals surface area (Å²) in [5, 5.41) is 2.98. The van der Waals surface area contributed by atoms with Crippen molar-refractivity contribution in [2.24, 2.45) is 5.92 Å². The van der Waals surface area contributed by atoms with E-state index in [1.165, 1.54) is 0 Å². The van der Waals surface area contributed by atoms with E-state index in [9.17, 15) is 9.59 Å². The summed E-state index contributed by atoms with van der Waals surface area (Å²) >= 11 is 0. The summed E-state index contributed by atoms with van der Waals surface area (Å²) in [6.45, 7) is 2.13. The van der Waals surface area contributed by atoms with E-state index in [0.717, 1.165) is 11.3 Å². The van der Waals surface area contributed by atoms with Gasteiger partial charge in [-0.25, -0.2) is 0 Å². The summed E-state index contributed by atoms with van der Waals surface area (Å²) in [6, 6.07) is 13.3. The number of carbonyl (C=O) groups is 2. The van der Waals surface area contributed by atoms with Crippen molar-refractivity contribution in [3.63, 3.8) is 0 Å². The van der Waals surface area contributed by atoms with Gasteiger partial charge in [0.2, 0.25) is 11.8 Å². The van der Waals surface area contributed by atoms with Crippen LogP contribution in [0.15, 0.2) is 54.9 Å². The van der Waals surface area contributed by atoms with Crippen LogP contribution in [0.1, 0.15) is 24.8 Å². The highest BCUT2D eigenvalue weighted by Crippen LogP contribution is 2.18. The highest BCUT2D eigenvalue weighted by atomic mass is 16.5. The van der Waals surface area contributed by atoms with Gasteiger partial charge in [0, 0.05) is 37.9 Å². The van der Waals surface area contributed by atoms with Crippen LogP contribution < -0.4 is 10.1 Å². The number of hydrogen-bond donors (Lipinski definition) is 1. The first kappa shape index (κ1) is 18.9. The third-order valence-corrected chi connectivity index (χ3v) is 4.76. The summed E-state index contributed by atoms with van der Waals surface area (Å²) < 4.78 is 5.58. The SMILES string of the molecule is O=C(NCc1ccncc1)C1CCN(C(=O)CCOc2ccccc2)CC1. The van der Waals surface area contributed by atoms with Crippen LogP contribution in [-0.4, -0.2) is 41.4 Å². The van der Waals surface area contributed by atoms with Gasteiger partial charge in [-0.2, -0.15) is 0 Å². The molecule has 1 saturated heterocycles. The largest absolute Gasteiger partial charge is 0.493 e. The van der Waals surface area contributed by atoms with Crippen molar-refractivity contribution in [3.05, 3.63) is 60.4 Å². The lowest BCUT2D eigenvalue weighted by molar-refractivity contribution is -0.136. The van der Waals surface area contributed by atoms with Crippen LogP contribution in [0.3, 0.4) is 0 Å². The highest BCUT2D eigenvalue weighted by Gasteiger charge is 2.27. The number of amides is 2. The van der Waals surface area contributed by atoms with Gasteiger partial charge in [-0.1, -0.05) is 18.2 Å². The fourth-order valence-electron chi connectivity index (χ4n) is 3.16. The van der Waals surface area contributed by atoms with Crippen molar-refractivity contribution in [3.8, 4) is 5.75 Å². The number of rotatable bonds is 7. The van der Waals surface area contributed by atoms with Gasteiger partial charge in [0.1, 0.15) is 5.75 Å². The summed E-state index contributed by atoms with van der Waals surface area (Å²) in [6.07, 6.45) is 5.19. The number of para-hydroxylation sites is 1. The zero-order valence-corrected chi connectivity index (χ0v) is 15.3. The van der Waals surface area contributed by atoms with Gasteiger partial charge < -0.3 is 15.0 Å². The molecule has 0 aliphatic carbocycles. The normalized spacial score (nSPS) is 14.6. The molecule has 2 amide bonds. The van der Waals surface area contributed by atoms with Gasteiger partial charge >= 0.3 is 0 Å². The first-order chi connectivity index (χ1) is 13.2. The van der Waals surface area contributed by atoms with E-state index in [4.69, 9.17) is 4.74 Å². The number of piperidine rings is 1. The third kappa shape index (κ3) is 5.81. The van der Waals surface area contributed by atoms with Gasteiger partial charge in [-0.3, -0.25) is 14.6 Å². The van der Waals surface area contributed by atoms with Gasteiger partial charge in [0.05, 0.1) is 13.0 Å². The van der Waals surface area contributed by atoms with Gasteiger partial charge in [0.25, 0.3) is 0 Å². The van der Waals surface area contributed by atoms with E-state index in [-0.39, 0.29) is 17.7 Å². The Labute approximate surface area is 159 Å². The predicted molar refractivity (Wildman–Crippen MR) is 102 cm³/mol. The number of likely N-dealkylation sites (tertiary alicyclic amines) is 1. The lowest BCUT2D eigenvalue weighted by Gasteiger charge is -2.31. The smallest absolute Gasteiger partial charge is 0.225 e. The Morgan fingerprint density at radius 2 is 1.78 bits per heavy atom. The number of benzene rings is 1. The monoisotopic (exact) mass is 367 g/mol. The molecule has 6 heteroatoms. The topological polar surface area (TPSA) is 71.5 Å². The number of nitrogens with one attached hydrogen (secondary N) is 1. The molecule has 0 atom stereocenters. The van der Waals surface area contributed by atoms with E-state index in [0.29, 0.717) is 45.5 Å². The Morgan fingerprint density at radius 3 is 2.48 bits per heavy atom. The van der Waals surface area contributed by atoms with Gasteiger partial charge in [-0.05, 0) is 42.7 Å². The molecule has 1 N–H and O–H groups in total. The van der Waals surface area contributed by atoms with E-state index in [1.807, 2.05) is 47.4 Å². The maximum absolute atomic E-state index is 12.3. The molecule has 1 aliphatic heterocycles. The van der Waals surface area contributed by atoms with Crippen molar-refractivity contribution in [1.29, 1.82) is 0 Å². The van der Waals surface area contributed by atoms with Crippen molar-refractivity contribution < 1.29 is 14.3 Å². The molecular weight excluding hydrogens is 342 g/mol. The lowest BCUT2D eigenvalue weighted by Crippen LogP contribution is -2.43. The van der Waals surface area contributed by atoms with Crippen LogP contribution in [-0.2, 0) is 16.1 Å². The van der Waals surface area contributed by atoms with E-state index < -0.39 is 0 Å². The average Bonchev–Trinajstić information content (AvgIpc) is 2.73. The molecule has 0 bridgehead atoms. The summed E-state index contributed by atoms with van der Waals surface area (Å²) in [4.78, 5) is 30.4. The standard InChI is InChI=1S/C21H25N3O3/c25-20(10-15-27-19-4-2-1-3-5-19)24-13-8-18(9-14-24)21(26)23-16-17-6-11-22-12-7-17/h1-7,11-12,18H,8-10,13-16H2,(H,23,26). The molecule has 0 radical (unpaired) electrons. The minimum Gasteiger partial charge on any atom is -0.493 e. The summed E-state index contributed by atoms with van der Waals surface area (Å²) in [5.41, 5.74) is 1.03. The Kier molecular flexibility index (Phi) is 6.79. The first-order valence-corrected chi connectivity index (χ1v) is 9.34. The lowest BCUT2D eigenvalue weighted by atomic mass is 9.95. The molecule has 0 spiro atoms. The molecule has 3 rings (SSSR count). The second-order valence-electron chi connectivity index (χ2n) is 6.64. The van der Waals surface area contributed by atoms with Gasteiger partial charge in [0.15, 0.2) is 0 Å². The molecule has 142 valence electrons. The molecule has 2 heterocycles. The van der Waals surface area contributed by atoms with Crippen LogP contribution in [0, 0.1) is 5.92 Å². The Morgan fingerprint density at radius 1 is 1.07 bits per heavy atom.